The number of hydrogen-bond donors (Lipinski definition) is 2. The minimum Gasteiger partial charge on any atom is -0.369 e. The maximum atomic E-state index is 12.1. The van der Waals surface area contributed by atoms with Crippen LogP contribution in [-0.2, 0) is 4.79 Å². The Labute approximate surface area is 173 Å². The Kier molecular flexibility index (Phi) is 5.01. The molecule has 1 aliphatic rings. The van der Waals surface area contributed by atoms with Crippen molar-refractivity contribution in [1.82, 2.24) is 19.9 Å². The fraction of sp³-hybridized carbons (Fsp3) is 0.227. The average Bonchev–Trinajstić information content (AvgIpc) is 3.04. The maximum Gasteiger partial charge on any atom is 0.267 e. The summed E-state index contributed by atoms with van der Waals surface area (Å²) in [4.78, 5) is 26.6. The molecule has 3 heterocycles. The number of pyridine rings is 1. The van der Waals surface area contributed by atoms with E-state index in [1.54, 1.807) is 7.05 Å². The van der Waals surface area contributed by atoms with Gasteiger partial charge < -0.3 is 15.3 Å². The SMILES string of the molecule is CN1CCC(O)(C#Cc2cccc(-c3ccc4ncnc(NCC#N)c4n3)c2)C1=O. The van der Waals surface area contributed by atoms with Gasteiger partial charge in [-0.25, -0.2) is 15.0 Å². The van der Waals surface area contributed by atoms with E-state index in [1.807, 2.05) is 42.5 Å². The van der Waals surface area contributed by atoms with Crippen LogP contribution in [0.25, 0.3) is 22.3 Å². The van der Waals surface area contributed by atoms with Crippen LogP contribution in [0.15, 0.2) is 42.7 Å². The number of aliphatic hydroxyl groups is 1. The number of aromatic nitrogens is 3. The highest BCUT2D eigenvalue weighted by Gasteiger charge is 2.42. The highest BCUT2D eigenvalue weighted by Crippen LogP contribution is 2.24. The summed E-state index contributed by atoms with van der Waals surface area (Å²) >= 11 is 0. The minimum absolute atomic E-state index is 0.111. The number of likely N-dealkylation sites (tertiary alicyclic amines) is 1. The number of hydrogen-bond acceptors (Lipinski definition) is 7. The van der Waals surface area contributed by atoms with Gasteiger partial charge in [0.2, 0.25) is 5.60 Å². The number of rotatable bonds is 3. The number of benzene rings is 1. The number of nitriles is 1. The van der Waals surface area contributed by atoms with E-state index in [2.05, 4.69) is 32.1 Å². The summed E-state index contributed by atoms with van der Waals surface area (Å²) in [6.07, 6.45) is 1.71. The molecule has 1 fully saturated rings. The lowest BCUT2D eigenvalue weighted by atomic mass is 10.0. The molecule has 1 amide bonds. The Morgan fingerprint density at radius 3 is 2.93 bits per heavy atom. The van der Waals surface area contributed by atoms with Crippen molar-refractivity contribution in [3.63, 3.8) is 0 Å². The Morgan fingerprint density at radius 2 is 2.17 bits per heavy atom. The number of carbonyl (C=O) groups is 1. The van der Waals surface area contributed by atoms with Gasteiger partial charge in [0, 0.05) is 31.1 Å². The second kappa shape index (κ2) is 7.78. The minimum atomic E-state index is -1.63. The lowest BCUT2D eigenvalue weighted by molar-refractivity contribution is -0.137. The summed E-state index contributed by atoms with van der Waals surface area (Å²) in [6, 6.07) is 13.1. The predicted molar refractivity (Wildman–Crippen MR) is 111 cm³/mol. The number of nitrogens with one attached hydrogen (secondary N) is 1. The Bertz CT molecular complexity index is 1240. The van der Waals surface area contributed by atoms with Crippen LogP contribution in [0, 0.1) is 23.2 Å². The first kappa shape index (κ1) is 19.3. The Morgan fingerprint density at radius 1 is 1.30 bits per heavy atom. The molecule has 8 nitrogen and oxygen atoms in total. The fourth-order valence-corrected chi connectivity index (χ4v) is 3.26. The normalized spacial score (nSPS) is 18.0. The van der Waals surface area contributed by atoms with Crippen LogP contribution >= 0.6 is 0 Å². The van der Waals surface area contributed by atoms with Gasteiger partial charge in [-0.2, -0.15) is 5.26 Å². The van der Waals surface area contributed by atoms with E-state index in [9.17, 15) is 9.90 Å². The Hall–Kier alpha value is -4.01. The number of amides is 1. The third-order valence-electron chi connectivity index (χ3n) is 4.90. The van der Waals surface area contributed by atoms with Crippen molar-refractivity contribution in [1.29, 1.82) is 5.26 Å². The first-order valence-electron chi connectivity index (χ1n) is 9.34. The molecule has 148 valence electrons. The van der Waals surface area contributed by atoms with Crippen LogP contribution in [0.2, 0.25) is 0 Å². The quantitative estimate of drug-likeness (QED) is 0.508. The third kappa shape index (κ3) is 3.64. The number of likely N-dealkylation sites (N-methyl/N-ethyl adjacent to an activating group) is 1. The van der Waals surface area contributed by atoms with Crippen LogP contribution in [0.3, 0.4) is 0 Å². The lowest BCUT2D eigenvalue weighted by Gasteiger charge is -2.13. The number of nitrogens with zero attached hydrogens (tertiary/aromatic N) is 5. The van der Waals surface area contributed by atoms with Crippen molar-refractivity contribution >= 4 is 22.8 Å². The molecule has 1 unspecified atom stereocenters. The monoisotopic (exact) mass is 398 g/mol. The van der Waals surface area contributed by atoms with E-state index in [0.29, 0.717) is 41.1 Å². The molecule has 30 heavy (non-hydrogen) atoms. The average molecular weight is 398 g/mol. The molecule has 8 heteroatoms. The summed E-state index contributed by atoms with van der Waals surface area (Å²) in [5.74, 6) is 5.76. The van der Waals surface area contributed by atoms with Gasteiger partial charge in [0.15, 0.2) is 5.82 Å². The zero-order valence-electron chi connectivity index (χ0n) is 16.3. The largest absolute Gasteiger partial charge is 0.369 e. The number of fused-ring (bicyclic) bond motifs is 1. The van der Waals surface area contributed by atoms with E-state index in [4.69, 9.17) is 5.26 Å². The summed E-state index contributed by atoms with van der Waals surface area (Å²) in [5.41, 5.74) is 1.77. The molecular formula is C22H18N6O2. The number of anilines is 1. The van der Waals surface area contributed by atoms with E-state index < -0.39 is 5.60 Å². The maximum absolute atomic E-state index is 12.1. The molecule has 1 saturated heterocycles. The van der Waals surface area contributed by atoms with Gasteiger partial charge in [-0.15, -0.1) is 0 Å². The van der Waals surface area contributed by atoms with Crippen molar-refractivity contribution in [2.45, 2.75) is 12.0 Å². The second-order valence-corrected chi connectivity index (χ2v) is 6.97. The van der Waals surface area contributed by atoms with E-state index in [-0.39, 0.29) is 12.5 Å². The Balaban J connectivity index is 1.68. The fourth-order valence-electron chi connectivity index (χ4n) is 3.26. The van der Waals surface area contributed by atoms with Crippen LogP contribution < -0.4 is 5.32 Å². The zero-order chi connectivity index (χ0) is 21.1. The van der Waals surface area contributed by atoms with Gasteiger partial charge in [0.25, 0.3) is 5.91 Å². The molecule has 0 saturated carbocycles. The van der Waals surface area contributed by atoms with Crippen molar-refractivity contribution in [2.75, 3.05) is 25.5 Å². The predicted octanol–water partition coefficient (Wildman–Crippen LogP) is 1.57. The van der Waals surface area contributed by atoms with Crippen LogP contribution in [-0.4, -0.2) is 56.6 Å². The summed E-state index contributed by atoms with van der Waals surface area (Å²) in [6.45, 7) is 0.592. The lowest BCUT2D eigenvalue weighted by Crippen LogP contribution is -2.37. The molecule has 1 aliphatic heterocycles. The van der Waals surface area contributed by atoms with Crippen molar-refractivity contribution in [2.24, 2.45) is 0 Å². The summed E-state index contributed by atoms with van der Waals surface area (Å²) in [5, 5.41) is 22.2. The second-order valence-electron chi connectivity index (χ2n) is 6.97. The van der Waals surface area contributed by atoms with Crippen LogP contribution in [0.5, 0.6) is 0 Å². The molecule has 2 aromatic heterocycles. The molecule has 0 radical (unpaired) electrons. The van der Waals surface area contributed by atoms with Crippen molar-refractivity contribution in [3.05, 3.63) is 48.3 Å². The van der Waals surface area contributed by atoms with Gasteiger partial charge in [0.05, 0.1) is 17.3 Å². The topological polar surface area (TPSA) is 115 Å². The van der Waals surface area contributed by atoms with E-state index in [1.165, 1.54) is 11.2 Å². The van der Waals surface area contributed by atoms with Gasteiger partial charge in [-0.05, 0) is 24.3 Å². The van der Waals surface area contributed by atoms with E-state index in [0.717, 1.165) is 5.56 Å². The number of carbonyl (C=O) groups excluding carboxylic acids is 1. The van der Waals surface area contributed by atoms with E-state index >= 15 is 0 Å². The molecule has 1 atom stereocenters. The van der Waals surface area contributed by atoms with Gasteiger partial charge >= 0.3 is 0 Å². The van der Waals surface area contributed by atoms with Gasteiger partial charge in [-0.3, -0.25) is 4.79 Å². The summed E-state index contributed by atoms with van der Waals surface area (Å²) < 4.78 is 0. The first-order chi connectivity index (χ1) is 14.5. The van der Waals surface area contributed by atoms with Crippen LogP contribution in [0.4, 0.5) is 5.82 Å². The highest BCUT2D eigenvalue weighted by molar-refractivity contribution is 5.90. The molecule has 4 rings (SSSR count). The van der Waals surface area contributed by atoms with Gasteiger partial charge in [0.1, 0.15) is 18.4 Å². The molecule has 3 aromatic rings. The summed E-state index contributed by atoms with van der Waals surface area (Å²) in [7, 11) is 1.65. The van der Waals surface area contributed by atoms with Crippen molar-refractivity contribution < 1.29 is 9.90 Å². The first-order valence-corrected chi connectivity index (χ1v) is 9.34. The molecule has 1 aromatic carbocycles. The zero-order valence-corrected chi connectivity index (χ0v) is 16.3. The van der Waals surface area contributed by atoms with Crippen molar-refractivity contribution in [3.8, 4) is 29.2 Å². The standard InChI is InChI=1S/C22H18N6O2/c1-28-12-9-22(30,21(28)29)8-7-15-3-2-4-16(13-15)17-5-6-18-19(27-17)20(24-11-10-23)26-14-25-18/h2-6,13-14,30H,9,11-12H2,1H3,(H,24,25,26). The third-order valence-corrected chi connectivity index (χ3v) is 4.90. The van der Waals surface area contributed by atoms with Crippen LogP contribution in [0.1, 0.15) is 12.0 Å². The molecule has 2 N–H and O–H groups in total. The molecule has 0 bridgehead atoms. The molecule has 0 aliphatic carbocycles. The molecule has 0 spiro atoms. The van der Waals surface area contributed by atoms with Gasteiger partial charge in [-0.1, -0.05) is 24.0 Å². The highest BCUT2D eigenvalue weighted by atomic mass is 16.3. The smallest absolute Gasteiger partial charge is 0.267 e. The molecular weight excluding hydrogens is 380 g/mol.